The van der Waals surface area contributed by atoms with Crippen molar-refractivity contribution in [2.75, 3.05) is 32.8 Å². The van der Waals surface area contributed by atoms with Gasteiger partial charge in [-0.25, -0.2) is 0 Å². The van der Waals surface area contributed by atoms with E-state index < -0.39 is 0 Å². The average Bonchev–Trinajstić information content (AvgIpc) is 2.49. The second kappa shape index (κ2) is 13.8. The highest BCUT2D eigenvalue weighted by molar-refractivity contribution is 14.0. The number of guanidine groups is 1. The number of rotatable bonds is 9. The highest BCUT2D eigenvalue weighted by Crippen LogP contribution is 2.04. The molecule has 0 aliphatic rings. The van der Waals surface area contributed by atoms with Crippen LogP contribution in [-0.4, -0.2) is 43.8 Å². The molecule has 0 radical (unpaired) electrons. The molecule has 1 heterocycles. The fourth-order valence-electron chi connectivity index (χ4n) is 1.94. The van der Waals surface area contributed by atoms with Crippen molar-refractivity contribution < 1.29 is 4.74 Å². The van der Waals surface area contributed by atoms with Crippen LogP contribution in [0.4, 0.5) is 0 Å². The maximum Gasteiger partial charge on any atom is 0.191 e. The lowest BCUT2D eigenvalue weighted by Crippen LogP contribution is -2.38. The number of hydrogen-bond donors (Lipinski definition) is 2. The first-order valence-corrected chi connectivity index (χ1v) is 7.77. The SMILES string of the molecule is CCNC(=NCCCOCC)NCCc1ccncc1C.I. The van der Waals surface area contributed by atoms with Crippen molar-refractivity contribution in [3.8, 4) is 0 Å². The predicted octanol–water partition coefficient (Wildman–Crippen LogP) is 2.53. The minimum atomic E-state index is 0. The summed E-state index contributed by atoms with van der Waals surface area (Å²) in [6.07, 6.45) is 5.67. The molecule has 126 valence electrons. The highest BCUT2D eigenvalue weighted by Gasteiger charge is 2.00. The van der Waals surface area contributed by atoms with Crippen LogP contribution in [0.5, 0.6) is 0 Å². The first-order valence-electron chi connectivity index (χ1n) is 7.77. The van der Waals surface area contributed by atoms with E-state index in [-0.39, 0.29) is 24.0 Å². The lowest BCUT2D eigenvalue weighted by Gasteiger charge is -2.12. The first-order chi connectivity index (χ1) is 10.3. The number of aromatic nitrogens is 1. The molecular formula is C16H29IN4O. The van der Waals surface area contributed by atoms with Gasteiger partial charge in [0.15, 0.2) is 5.96 Å². The first kappa shape index (κ1) is 21.1. The number of aryl methyl sites for hydroxylation is 1. The zero-order valence-corrected chi connectivity index (χ0v) is 16.2. The molecule has 6 heteroatoms. The van der Waals surface area contributed by atoms with Crippen LogP contribution in [0.3, 0.4) is 0 Å². The molecule has 0 aliphatic carbocycles. The summed E-state index contributed by atoms with van der Waals surface area (Å²) in [7, 11) is 0. The predicted molar refractivity (Wildman–Crippen MR) is 103 cm³/mol. The highest BCUT2D eigenvalue weighted by atomic mass is 127. The molecule has 0 saturated heterocycles. The number of nitrogens with one attached hydrogen (secondary N) is 2. The van der Waals surface area contributed by atoms with Gasteiger partial charge >= 0.3 is 0 Å². The van der Waals surface area contributed by atoms with Crippen molar-refractivity contribution in [1.29, 1.82) is 0 Å². The Hall–Kier alpha value is -0.890. The third-order valence-corrected chi connectivity index (χ3v) is 3.09. The maximum absolute atomic E-state index is 5.31. The van der Waals surface area contributed by atoms with Crippen LogP contribution in [0.1, 0.15) is 31.4 Å². The molecule has 1 aromatic rings. The standard InChI is InChI=1S/C16H28N4O.HI/c1-4-18-16(19-9-6-12-21-5-2)20-11-8-15-7-10-17-13-14(15)3;/h7,10,13H,4-6,8-9,11-12H2,1-3H3,(H2,18,19,20);1H. The summed E-state index contributed by atoms with van der Waals surface area (Å²) in [5.41, 5.74) is 2.56. The number of pyridine rings is 1. The smallest absolute Gasteiger partial charge is 0.191 e. The molecule has 0 fully saturated rings. The molecule has 1 aromatic heterocycles. The molecule has 0 saturated carbocycles. The van der Waals surface area contributed by atoms with E-state index in [2.05, 4.69) is 40.5 Å². The van der Waals surface area contributed by atoms with Gasteiger partial charge in [0.1, 0.15) is 0 Å². The second-order valence-corrected chi connectivity index (χ2v) is 4.79. The number of ether oxygens (including phenoxy) is 1. The number of aliphatic imine (C=N–C) groups is 1. The minimum Gasteiger partial charge on any atom is -0.382 e. The van der Waals surface area contributed by atoms with Crippen LogP contribution in [0, 0.1) is 6.92 Å². The Balaban J connectivity index is 0.00000441. The molecule has 0 unspecified atom stereocenters. The van der Waals surface area contributed by atoms with Crippen LogP contribution in [-0.2, 0) is 11.2 Å². The van der Waals surface area contributed by atoms with Crippen LogP contribution in [0.15, 0.2) is 23.5 Å². The summed E-state index contributed by atoms with van der Waals surface area (Å²) >= 11 is 0. The van der Waals surface area contributed by atoms with Crippen molar-refractivity contribution in [2.24, 2.45) is 4.99 Å². The van der Waals surface area contributed by atoms with E-state index in [1.54, 1.807) is 0 Å². The Morgan fingerprint density at radius 2 is 2.14 bits per heavy atom. The van der Waals surface area contributed by atoms with Gasteiger partial charge in [-0.15, -0.1) is 24.0 Å². The van der Waals surface area contributed by atoms with Crippen molar-refractivity contribution >= 4 is 29.9 Å². The zero-order chi connectivity index (χ0) is 15.3. The molecule has 0 aliphatic heterocycles. The summed E-state index contributed by atoms with van der Waals surface area (Å²) in [6.45, 7) is 10.2. The molecule has 1 rings (SSSR count). The summed E-state index contributed by atoms with van der Waals surface area (Å²) in [5.74, 6) is 0.876. The quantitative estimate of drug-likeness (QED) is 0.279. The number of nitrogens with zero attached hydrogens (tertiary/aromatic N) is 2. The van der Waals surface area contributed by atoms with Crippen LogP contribution >= 0.6 is 24.0 Å². The monoisotopic (exact) mass is 420 g/mol. The van der Waals surface area contributed by atoms with E-state index in [1.165, 1.54) is 11.1 Å². The molecule has 0 aromatic carbocycles. The third kappa shape index (κ3) is 9.19. The van der Waals surface area contributed by atoms with Gasteiger partial charge in [0.2, 0.25) is 0 Å². The summed E-state index contributed by atoms with van der Waals surface area (Å²) in [4.78, 5) is 8.66. The van der Waals surface area contributed by atoms with Gasteiger partial charge in [-0.3, -0.25) is 9.98 Å². The Bertz CT molecular complexity index is 426. The normalized spacial score (nSPS) is 11.0. The lowest BCUT2D eigenvalue weighted by molar-refractivity contribution is 0.146. The Morgan fingerprint density at radius 3 is 2.82 bits per heavy atom. The van der Waals surface area contributed by atoms with E-state index in [4.69, 9.17) is 4.74 Å². The van der Waals surface area contributed by atoms with Gasteiger partial charge < -0.3 is 15.4 Å². The van der Waals surface area contributed by atoms with Crippen molar-refractivity contribution in [1.82, 2.24) is 15.6 Å². The number of hydrogen-bond acceptors (Lipinski definition) is 3. The van der Waals surface area contributed by atoms with Gasteiger partial charge in [-0.1, -0.05) is 0 Å². The van der Waals surface area contributed by atoms with Gasteiger partial charge in [0.25, 0.3) is 0 Å². The van der Waals surface area contributed by atoms with E-state index in [1.807, 2.05) is 19.3 Å². The van der Waals surface area contributed by atoms with E-state index >= 15 is 0 Å². The van der Waals surface area contributed by atoms with E-state index in [9.17, 15) is 0 Å². The van der Waals surface area contributed by atoms with Crippen LogP contribution in [0.2, 0.25) is 0 Å². The fraction of sp³-hybridized carbons (Fsp3) is 0.625. The molecule has 0 spiro atoms. The van der Waals surface area contributed by atoms with Crippen LogP contribution < -0.4 is 10.6 Å². The largest absolute Gasteiger partial charge is 0.382 e. The average molecular weight is 420 g/mol. The molecular weight excluding hydrogens is 391 g/mol. The Morgan fingerprint density at radius 1 is 1.32 bits per heavy atom. The molecule has 5 nitrogen and oxygen atoms in total. The van der Waals surface area contributed by atoms with Crippen molar-refractivity contribution in [3.05, 3.63) is 29.6 Å². The van der Waals surface area contributed by atoms with Gasteiger partial charge in [0.05, 0.1) is 0 Å². The second-order valence-electron chi connectivity index (χ2n) is 4.79. The molecule has 0 amide bonds. The zero-order valence-electron chi connectivity index (χ0n) is 13.9. The molecule has 0 atom stereocenters. The maximum atomic E-state index is 5.31. The molecule has 2 N–H and O–H groups in total. The number of halogens is 1. The van der Waals surface area contributed by atoms with Crippen molar-refractivity contribution in [3.63, 3.8) is 0 Å². The van der Waals surface area contributed by atoms with Gasteiger partial charge in [-0.05, 0) is 50.8 Å². The Kier molecular flexibility index (Phi) is 13.2. The molecule has 0 bridgehead atoms. The summed E-state index contributed by atoms with van der Waals surface area (Å²) < 4.78 is 5.31. The van der Waals surface area contributed by atoms with Crippen LogP contribution in [0.25, 0.3) is 0 Å². The van der Waals surface area contributed by atoms with Gasteiger partial charge in [-0.2, -0.15) is 0 Å². The lowest BCUT2D eigenvalue weighted by atomic mass is 10.1. The minimum absolute atomic E-state index is 0. The van der Waals surface area contributed by atoms with Gasteiger partial charge in [0, 0.05) is 45.2 Å². The Labute approximate surface area is 151 Å². The van der Waals surface area contributed by atoms with Crippen molar-refractivity contribution in [2.45, 2.75) is 33.6 Å². The summed E-state index contributed by atoms with van der Waals surface area (Å²) in [5, 5.41) is 6.63. The third-order valence-electron chi connectivity index (χ3n) is 3.09. The fourth-order valence-corrected chi connectivity index (χ4v) is 1.94. The van der Waals surface area contributed by atoms with E-state index in [0.717, 1.165) is 51.6 Å². The molecule has 22 heavy (non-hydrogen) atoms. The summed E-state index contributed by atoms with van der Waals surface area (Å²) in [6, 6.07) is 2.07. The topological polar surface area (TPSA) is 58.5 Å². The van der Waals surface area contributed by atoms with E-state index in [0.29, 0.717) is 0 Å².